The van der Waals surface area contributed by atoms with Crippen molar-refractivity contribution in [3.05, 3.63) is 11.8 Å². The molecule has 10 nitrogen and oxygen atoms in total. The van der Waals surface area contributed by atoms with E-state index in [0.29, 0.717) is 12.2 Å². The normalized spacial score (nSPS) is 44.4. The summed E-state index contributed by atoms with van der Waals surface area (Å²) in [7, 11) is 2.81. The standard InChI is InChI=1S/C17H26O10/c1-23-9-4-3-7-8(15(22)24-2)6-25-16(11(7)9)27-17-14(21)13(20)12(19)10(5-18)26-17/h4,7-8,10-14,16-21H,3,5-6H2,1-2H3/t7?,8?,10-,11?,12-,13+,14-,16?,17+/m1/s1. The smallest absolute Gasteiger partial charge is 0.311 e. The lowest BCUT2D eigenvalue weighted by Crippen LogP contribution is -2.60. The number of methoxy groups -OCH3 is 2. The second-order valence-electron chi connectivity index (χ2n) is 6.90. The summed E-state index contributed by atoms with van der Waals surface area (Å²) < 4.78 is 27.1. The Labute approximate surface area is 156 Å². The zero-order valence-corrected chi connectivity index (χ0v) is 15.1. The van der Waals surface area contributed by atoms with Gasteiger partial charge in [-0.25, -0.2) is 0 Å². The lowest BCUT2D eigenvalue weighted by molar-refractivity contribution is -0.352. The van der Waals surface area contributed by atoms with Crippen LogP contribution < -0.4 is 0 Å². The van der Waals surface area contributed by atoms with Crippen LogP contribution in [0.2, 0.25) is 0 Å². The molecule has 4 unspecified atom stereocenters. The first-order valence-corrected chi connectivity index (χ1v) is 8.82. The van der Waals surface area contributed by atoms with Gasteiger partial charge >= 0.3 is 5.97 Å². The van der Waals surface area contributed by atoms with Gasteiger partial charge in [-0.2, -0.15) is 0 Å². The zero-order chi connectivity index (χ0) is 19.7. The van der Waals surface area contributed by atoms with E-state index in [2.05, 4.69) is 0 Å². The molecule has 0 radical (unpaired) electrons. The summed E-state index contributed by atoms with van der Waals surface area (Å²) in [5.74, 6) is -0.889. The molecule has 1 aliphatic carbocycles. The molecule has 2 fully saturated rings. The van der Waals surface area contributed by atoms with Crippen molar-refractivity contribution in [2.75, 3.05) is 27.4 Å². The summed E-state index contributed by atoms with van der Waals surface area (Å²) in [4.78, 5) is 12.1. The Balaban J connectivity index is 1.76. The van der Waals surface area contributed by atoms with Gasteiger partial charge in [-0.1, -0.05) is 0 Å². The first-order valence-electron chi connectivity index (χ1n) is 8.82. The average Bonchev–Trinajstić information content (AvgIpc) is 3.12. The number of aliphatic hydroxyl groups is 4. The van der Waals surface area contributed by atoms with Crippen molar-refractivity contribution in [1.29, 1.82) is 0 Å². The van der Waals surface area contributed by atoms with Gasteiger partial charge in [0.05, 0.1) is 39.3 Å². The molecule has 2 heterocycles. The highest BCUT2D eigenvalue weighted by Gasteiger charge is 2.52. The Morgan fingerprint density at radius 2 is 1.93 bits per heavy atom. The van der Waals surface area contributed by atoms with E-state index in [1.54, 1.807) is 0 Å². The molecule has 0 aromatic rings. The van der Waals surface area contributed by atoms with Gasteiger partial charge in [-0.15, -0.1) is 0 Å². The van der Waals surface area contributed by atoms with Gasteiger partial charge in [0.15, 0.2) is 12.6 Å². The Kier molecular flexibility index (Phi) is 6.36. The highest BCUT2D eigenvalue weighted by molar-refractivity contribution is 5.73. The van der Waals surface area contributed by atoms with Crippen molar-refractivity contribution in [3.8, 4) is 0 Å². The maximum atomic E-state index is 12.1. The molecule has 0 aromatic heterocycles. The topological polar surface area (TPSA) is 144 Å². The third kappa shape index (κ3) is 3.70. The minimum absolute atomic E-state index is 0.0563. The molecule has 154 valence electrons. The average molecular weight is 390 g/mol. The summed E-state index contributed by atoms with van der Waals surface area (Å²) in [6.07, 6.45) is -5.48. The number of fused-ring (bicyclic) bond motifs is 1. The molecule has 0 saturated carbocycles. The summed E-state index contributed by atoms with van der Waals surface area (Å²) >= 11 is 0. The van der Waals surface area contributed by atoms with E-state index in [-0.39, 0.29) is 18.5 Å². The van der Waals surface area contributed by atoms with Gasteiger partial charge in [-0.3, -0.25) is 4.79 Å². The van der Waals surface area contributed by atoms with Crippen molar-refractivity contribution < 1.29 is 48.9 Å². The van der Waals surface area contributed by atoms with Crippen LogP contribution in [-0.4, -0.2) is 90.8 Å². The predicted octanol–water partition coefficient (Wildman–Crippen LogP) is -1.89. The molecule has 10 heteroatoms. The molecule has 3 aliphatic rings. The number of hydrogen-bond donors (Lipinski definition) is 4. The van der Waals surface area contributed by atoms with Gasteiger partial charge < -0.3 is 44.1 Å². The van der Waals surface area contributed by atoms with E-state index in [9.17, 15) is 25.2 Å². The van der Waals surface area contributed by atoms with Gasteiger partial charge in [-0.05, 0) is 18.4 Å². The van der Waals surface area contributed by atoms with Gasteiger partial charge in [0, 0.05) is 0 Å². The maximum absolute atomic E-state index is 12.1. The number of hydrogen-bond acceptors (Lipinski definition) is 10. The molecule has 2 saturated heterocycles. The first kappa shape index (κ1) is 20.5. The van der Waals surface area contributed by atoms with E-state index < -0.39 is 55.4 Å². The molecule has 0 amide bonds. The first-order chi connectivity index (χ1) is 12.9. The Morgan fingerprint density at radius 3 is 2.56 bits per heavy atom. The highest BCUT2D eigenvalue weighted by Crippen LogP contribution is 2.45. The minimum Gasteiger partial charge on any atom is -0.501 e. The molecule has 27 heavy (non-hydrogen) atoms. The van der Waals surface area contributed by atoms with Gasteiger partial charge in [0.25, 0.3) is 0 Å². The molecule has 0 spiro atoms. The fourth-order valence-electron chi connectivity index (χ4n) is 3.97. The van der Waals surface area contributed by atoms with Crippen molar-refractivity contribution >= 4 is 5.97 Å². The van der Waals surface area contributed by atoms with Crippen LogP contribution in [0.4, 0.5) is 0 Å². The highest BCUT2D eigenvalue weighted by atomic mass is 16.8. The van der Waals surface area contributed by atoms with Crippen LogP contribution in [0.3, 0.4) is 0 Å². The SMILES string of the molecule is COC(=O)C1COC(O[C@@H]2O[C@H](CO)[C@@H](O)[C@H](O)[C@H]2O)C2C(OC)=CCC12. The number of carbonyl (C=O) groups is 1. The van der Waals surface area contributed by atoms with E-state index in [1.807, 2.05) is 6.08 Å². The molecular weight excluding hydrogens is 364 g/mol. The summed E-state index contributed by atoms with van der Waals surface area (Å²) in [6.45, 7) is -0.503. The molecule has 2 aliphatic heterocycles. The van der Waals surface area contributed by atoms with E-state index >= 15 is 0 Å². The molecule has 0 bridgehead atoms. The second-order valence-corrected chi connectivity index (χ2v) is 6.90. The number of carbonyl (C=O) groups excluding carboxylic acids is 1. The van der Waals surface area contributed by atoms with Crippen LogP contribution in [0.1, 0.15) is 6.42 Å². The van der Waals surface area contributed by atoms with Crippen LogP contribution in [0.15, 0.2) is 11.8 Å². The minimum atomic E-state index is -1.55. The fraction of sp³-hybridized carbons (Fsp3) is 0.824. The molecule has 9 atom stereocenters. The maximum Gasteiger partial charge on any atom is 0.311 e. The lowest BCUT2D eigenvalue weighted by Gasteiger charge is -2.44. The van der Waals surface area contributed by atoms with Crippen LogP contribution in [0.25, 0.3) is 0 Å². The van der Waals surface area contributed by atoms with Crippen molar-refractivity contribution in [1.82, 2.24) is 0 Å². The summed E-state index contributed by atoms with van der Waals surface area (Å²) in [6, 6.07) is 0. The summed E-state index contributed by atoms with van der Waals surface area (Å²) in [5, 5.41) is 39.3. The van der Waals surface area contributed by atoms with E-state index in [4.69, 9.17) is 23.7 Å². The molecule has 3 rings (SSSR count). The fourth-order valence-corrected chi connectivity index (χ4v) is 3.97. The number of ether oxygens (including phenoxy) is 5. The van der Waals surface area contributed by atoms with Crippen molar-refractivity contribution in [2.45, 2.75) is 43.4 Å². The quantitative estimate of drug-likeness (QED) is 0.394. The van der Waals surface area contributed by atoms with E-state index in [0.717, 1.165) is 0 Å². The van der Waals surface area contributed by atoms with Crippen molar-refractivity contribution in [3.63, 3.8) is 0 Å². The molecule has 4 N–H and O–H groups in total. The van der Waals surface area contributed by atoms with Crippen LogP contribution >= 0.6 is 0 Å². The lowest BCUT2D eigenvalue weighted by atomic mass is 9.80. The molecular formula is C17H26O10. The summed E-state index contributed by atoms with van der Waals surface area (Å²) in [5.41, 5.74) is 0. The number of aliphatic hydroxyl groups excluding tert-OH is 4. The van der Waals surface area contributed by atoms with Crippen LogP contribution in [0, 0.1) is 17.8 Å². The molecule has 0 aromatic carbocycles. The Bertz CT molecular complexity index is 564. The zero-order valence-electron chi connectivity index (χ0n) is 15.1. The number of rotatable bonds is 5. The number of esters is 1. The largest absolute Gasteiger partial charge is 0.501 e. The van der Waals surface area contributed by atoms with Gasteiger partial charge in [0.2, 0.25) is 0 Å². The third-order valence-corrected chi connectivity index (χ3v) is 5.49. The Morgan fingerprint density at radius 1 is 1.19 bits per heavy atom. The van der Waals surface area contributed by atoms with Crippen LogP contribution in [0.5, 0.6) is 0 Å². The monoisotopic (exact) mass is 390 g/mol. The van der Waals surface area contributed by atoms with Crippen LogP contribution in [-0.2, 0) is 28.5 Å². The van der Waals surface area contributed by atoms with Crippen molar-refractivity contribution in [2.24, 2.45) is 17.8 Å². The number of allylic oxidation sites excluding steroid dienone is 1. The second kappa shape index (κ2) is 8.39. The third-order valence-electron chi connectivity index (χ3n) is 5.49. The van der Waals surface area contributed by atoms with E-state index in [1.165, 1.54) is 14.2 Å². The van der Waals surface area contributed by atoms with Gasteiger partial charge in [0.1, 0.15) is 30.2 Å². The predicted molar refractivity (Wildman–Crippen MR) is 86.8 cm³/mol. The Hall–Kier alpha value is -1.27.